The lowest BCUT2D eigenvalue weighted by atomic mass is 9.88. The van der Waals surface area contributed by atoms with Crippen molar-refractivity contribution in [1.82, 2.24) is 4.90 Å². The first-order valence-electron chi connectivity index (χ1n) is 8.12. The van der Waals surface area contributed by atoms with E-state index >= 15 is 0 Å². The van der Waals surface area contributed by atoms with Gasteiger partial charge in [-0.3, -0.25) is 0 Å². The molecule has 1 saturated heterocycles. The second kappa shape index (κ2) is 7.68. The van der Waals surface area contributed by atoms with Crippen LogP contribution in [0.5, 0.6) is 5.75 Å². The highest BCUT2D eigenvalue weighted by Gasteiger charge is 2.34. The van der Waals surface area contributed by atoms with Gasteiger partial charge in [0.1, 0.15) is 5.75 Å². The van der Waals surface area contributed by atoms with Crippen molar-refractivity contribution in [2.75, 3.05) is 19.6 Å². The molecule has 1 fully saturated rings. The number of ether oxygens (including phenoxy) is 1. The summed E-state index contributed by atoms with van der Waals surface area (Å²) in [6.07, 6.45) is -3.89. The highest BCUT2D eigenvalue weighted by molar-refractivity contribution is 5.28. The summed E-state index contributed by atoms with van der Waals surface area (Å²) >= 11 is 0. The second-order valence-electron chi connectivity index (χ2n) is 6.31. The van der Waals surface area contributed by atoms with E-state index in [4.69, 9.17) is 0 Å². The first kappa shape index (κ1) is 19.0. The lowest BCUT2D eigenvalue weighted by Gasteiger charge is -2.32. The Labute approximate surface area is 138 Å². The average Bonchev–Trinajstić information content (AvgIpc) is 2.48. The molecule has 0 N–H and O–H groups in total. The molecule has 136 valence electrons. The van der Waals surface area contributed by atoms with Gasteiger partial charge in [-0.2, -0.15) is 0 Å². The fourth-order valence-electron chi connectivity index (χ4n) is 3.11. The molecule has 0 aromatic heterocycles. The van der Waals surface area contributed by atoms with Crippen molar-refractivity contribution in [2.24, 2.45) is 5.92 Å². The minimum absolute atomic E-state index is 0.00404. The van der Waals surface area contributed by atoms with Crippen LogP contribution < -0.4 is 4.74 Å². The zero-order valence-corrected chi connectivity index (χ0v) is 13.6. The lowest BCUT2D eigenvalue weighted by Crippen LogP contribution is -2.36. The Hall–Kier alpha value is -1.37. The number of hydrogen-bond donors (Lipinski definition) is 0. The van der Waals surface area contributed by atoms with Crippen LogP contribution in [-0.4, -0.2) is 36.8 Å². The SMILES string of the molecule is CCN1CCC(CC(F)(F)Cc2ccc(OC(F)(F)F)cc2)CC1. The van der Waals surface area contributed by atoms with Crippen LogP contribution >= 0.6 is 0 Å². The maximum Gasteiger partial charge on any atom is 0.573 e. The summed E-state index contributed by atoms with van der Waals surface area (Å²) in [6, 6.07) is 4.65. The van der Waals surface area contributed by atoms with E-state index in [0.717, 1.165) is 44.6 Å². The fraction of sp³-hybridized carbons (Fsp3) is 0.647. The molecule has 1 heterocycles. The summed E-state index contributed by atoms with van der Waals surface area (Å²) in [6.45, 7) is 4.69. The van der Waals surface area contributed by atoms with Crippen LogP contribution in [0.3, 0.4) is 0 Å². The number of hydrogen-bond acceptors (Lipinski definition) is 2. The Morgan fingerprint density at radius 2 is 1.62 bits per heavy atom. The number of nitrogens with zero attached hydrogens (tertiary/aromatic N) is 1. The molecule has 0 bridgehead atoms. The van der Waals surface area contributed by atoms with Crippen LogP contribution in [-0.2, 0) is 6.42 Å². The van der Waals surface area contributed by atoms with Crippen molar-refractivity contribution in [3.05, 3.63) is 29.8 Å². The van der Waals surface area contributed by atoms with Crippen molar-refractivity contribution >= 4 is 0 Å². The largest absolute Gasteiger partial charge is 0.573 e. The zero-order valence-electron chi connectivity index (χ0n) is 13.6. The van der Waals surface area contributed by atoms with Crippen LogP contribution in [0.15, 0.2) is 24.3 Å². The first-order valence-corrected chi connectivity index (χ1v) is 8.12. The number of rotatable bonds is 6. The lowest BCUT2D eigenvalue weighted by molar-refractivity contribution is -0.274. The molecule has 0 spiro atoms. The molecule has 0 saturated carbocycles. The van der Waals surface area contributed by atoms with E-state index in [2.05, 4.69) is 16.6 Å². The molecular formula is C17H22F5NO. The maximum atomic E-state index is 14.2. The van der Waals surface area contributed by atoms with Crippen molar-refractivity contribution in [1.29, 1.82) is 0 Å². The van der Waals surface area contributed by atoms with E-state index in [9.17, 15) is 22.0 Å². The zero-order chi connectivity index (χ0) is 17.8. The number of piperidine rings is 1. The van der Waals surface area contributed by atoms with E-state index in [1.807, 2.05) is 0 Å². The van der Waals surface area contributed by atoms with Gasteiger partial charge in [-0.25, -0.2) is 8.78 Å². The van der Waals surface area contributed by atoms with E-state index in [1.165, 1.54) is 12.1 Å². The minimum atomic E-state index is -4.78. The van der Waals surface area contributed by atoms with Crippen molar-refractivity contribution in [2.45, 2.75) is 44.9 Å². The van der Waals surface area contributed by atoms with Gasteiger partial charge in [0.2, 0.25) is 0 Å². The third-order valence-electron chi connectivity index (χ3n) is 4.36. The van der Waals surface area contributed by atoms with Gasteiger partial charge in [-0.1, -0.05) is 19.1 Å². The Morgan fingerprint density at radius 3 is 2.12 bits per heavy atom. The van der Waals surface area contributed by atoms with Gasteiger partial charge in [-0.15, -0.1) is 13.2 Å². The Balaban J connectivity index is 1.87. The molecule has 7 heteroatoms. The third-order valence-corrected chi connectivity index (χ3v) is 4.36. The number of benzene rings is 1. The van der Waals surface area contributed by atoms with Gasteiger partial charge in [0.25, 0.3) is 5.92 Å². The number of likely N-dealkylation sites (tertiary alicyclic amines) is 1. The fourth-order valence-corrected chi connectivity index (χ4v) is 3.11. The molecule has 0 unspecified atom stereocenters. The standard InChI is InChI=1S/C17H22F5NO/c1-2-23-9-7-14(8-10-23)12-16(18,19)11-13-3-5-15(6-4-13)24-17(20,21)22/h3-6,14H,2,7-12H2,1H3. The molecule has 1 aromatic rings. The van der Waals surface area contributed by atoms with E-state index in [-0.39, 0.29) is 12.3 Å². The van der Waals surface area contributed by atoms with Gasteiger partial charge in [0.15, 0.2) is 0 Å². The number of halogens is 5. The highest BCUT2D eigenvalue weighted by atomic mass is 19.4. The second-order valence-corrected chi connectivity index (χ2v) is 6.31. The van der Waals surface area contributed by atoms with E-state index < -0.39 is 24.5 Å². The van der Waals surface area contributed by atoms with Gasteiger partial charge in [0, 0.05) is 12.8 Å². The quantitative estimate of drug-likeness (QED) is 0.677. The van der Waals surface area contributed by atoms with Gasteiger partial charge in [-0.05, 0) is 56.1 Å². The van der Waals surface area contributed by atoms with Gasteiger partial charge >= 0.3 is 6.36 Å². The Kier molecular flexibility index (Phi) is 6.06. The summed E-state index contributed by atoms with van der Waals surface area (Å²) in [5, 5.41) is 0. The summed E-state index contributed by atoms with van der Waals surface area (Å²) in [7, 11) is 0. The maximum absolute atomic E-state index is 14.2. The predicted octanol–water partition coefficient (Wildman–Crippen LogP) is 4.89. The molecule has 1 aromatic carbocycles. The summed E-state index contributed by atoms with van der Waals surface area (Å²) in [5.74, 6) is -3.26. The van der Waals surface area contributed by atoms with Crippen LogP contribution in [0.4, 0.5) is 22.0 Å². The minimum Gasteiger partial charge on any atom is -0.406 e. The monoisotopic (exact) mass is 351 g/mol. The molecule has 1 aliphatic rings. The molecule has 0 aliphatic carbocycles. The van der Waals surface area contributed by atoms with Crippen LogP contribution in [0.2, 0.25) is 0 Å². The van der Waals surface area contributed by atoms with Crippen LogP contribution in [0.1, 0.15) is 31.7 Å². The molecular weight excluding hydrogens is 329 g/mol. The molecule has 24 heavy (non-hydrogen) atoms. The Morgan fingerprint density at radius 1 is 1.04 bits per heavy atom. The molecule has 0 radical (unpaired) electrons. The third kappa shape index (κ3) is 6.26. The summed E-state index contributed by atoms with van der Waals surface area (Å²) in [4.78, 5) is 2.24. The first-order chi connectivity index (χ1) is 11.2. The topological polar surface area (TPSA) is 12.5 Å². The molecule has 2 nitrogen and oxygen atoms in total. The average molecular weight is 351 g/mol. The van der Waals surface area contributed by atoms with Crippen molar-refractivity contribution < 1.29 is 26.7 Å². The van der Waals surface area contributed by atoms with E-state index in [0.29, 0.717) is 5.56 Å². The number of alkyl halides is 5. The molecule has 0 atom stereocenters. The van der Waals surface area contributed by atoms with E-state index in [1.54, 1.807) is 0 Å². The summed E-state index contributed by atoms with van der Waals surface area (Å²) < 4.78 is 68.4. The predicted molar refractivity (Wildman–Crippen MR) is 81.2 cm³/mol. The molecule has 2 rings (SSSR count). The molecule has 1 aliphatic heterocycles. The van der Waals surface area contributed by atoms with Gasteiger partial charge < -0.3 is 9.64 Å². The Bertz CT molecular complexity index is 507. The van der Waals surface area contributed by atoms with Gasteiger partial charge in [0.05, 0.1) is 0 Å². The smallest absolute Gasteiger partial charge is 0.406 e. The van der Waals surface area contributed by atoms with Crippen LogP contribution in [0.25, 0.3) is 0 Å². The van der Waals surface area contributed by atoms with Crippen LogP contribution in [0, 0.1) is 5.92 Å². The molecule has 0 amide bonds. The normalized spacial score (nSPS) is 17.9. The highest BCUT2D eigenvalue weighted by Crippen LogP contribution is 2.33. The summed E-state index contributed by atoms with van der Waals surface area (Å²) in [5.41, 5.74) is 0.306. The van der Waals surface area contributed by atoms with Crippen molar-refractivity contribution in [3.63, 3.8) is 0 Å². The van der Waals surface area contributed by atoms with Crippen molar-refractivity contribution in [3.8, 4) is 5.75 Å².